The van der Waals surface area contributed by atoms with Gasteiger partial charge in [-0.3, -0.25) is 4.79 Å². The summed E-state index contributed by atoms with van der Waals surface area (Å²) in [5.41, 5.74) is 1.63. The van der Waals surface area contributed by atoms with E-state index in [2.05, 4.69) is 22.0 Å². The van der Waals surface area contributed by atoms with E-state index in [1.165, 1.54) is 0 Å². The van der Waals surface area contributed by atoms with Crippen molar-refractivity contribution in [2.45, 2.75) is 20.3 Å². The summed E-state index contributed by atoms with van der Waals surface area (Å²) in [5.74, 6) is -0.0125. The van der Waals surface area contributed by atoms with Crippen molar-refractivity contribution < 1.29 is 4.79 Å². The van der Waals surface area contributed by atoms with Crippen molar-refractivity contribution in [2.75, 3.05) is 13.1 Å². The average molecular weight is 295 g/mol. The predicted octanol–water partition coefficient (Wildman–Crippen LogP) is 3.13. The molecular formula is C13H15BrN2O. The SMILES string of the molecule is CCN(CCC#N)C(=O)c1cccc(Br)c1C. The monoisotopic (exact) mass is 294 g/mol. The van der Waals surface area contributed by atoms with Crippen LogP contribution in [0.1, 0.15) is 29.3 Å². The number of carbonyl (C=O) groups excluding carboxylic acids is 1. The van der Waals surface area contributed by atoms with Crippen molar-refractivity contribution >= 4 is 21.8 Å². The van der Waals surface area contributed by atoms with Crippen LogP contribution in [0, 0.1) is 18.3 Å². The van der Waals surface area contributed by atoms with E-state index in [4.69, 9.17) is 5.26 Å². The maximum Gasteiger partial charge on any atom is 0.254 e. The van der Waals surface area contributed by atoms with Crippen molar-refractivity contribution in [1.82, 2.24) is 4.90 Å². The first-order chi connectivity index (χ1) is 8.11. The van der Waals surface area contributed by atoms with Gasteiger partial charge >= 0.3 is 0 Å². The Morgan fingerprint density at radius 1 is 1.53 bits per heavy atom. The Balaban J connectivity index is 2.94. The van der Waals surface area contributed by atoms with Crippen molar-refractivity contribution in [1.29, 1.82) is 5.26 Å². The Morgan fingerprint density at radius 3 is 2.82 bits per heavy atom. The lowest BCUT2D eigenvalue weighted by atomic mass is 10.1. The van der Waals surface area contributed by atoms with Crippen molar-refractivity contribution in [3.05, 3.63) is 33.8 Å². The summed E-state index contributed by atoms with van der Waals surface area (Å²) in [6, 6.07) is 7.64. The Kier molecular flexibility index (Phi) is 5.17. The molecule has 17 heavy (non-hydrogen) atoms. The van der Waals surface area contributed by atoms with Gasteiger partial charge in [-0.1, -0.05) is 22.0 Å². The van der Waals surface area contributed by atoms with Crippen molar-refractivity contribution in [3.8, 4) is 6.07 Å². The van der Waals surface area contributed by atoms with E-state index in [0.29, 0.717) is 25.1 Å². The molecule has 0 saturated carbocycles. The highest BCUT2D eigenvalue weighted by Crippen LogP contribution is 2.20. The summed E-state index contributed by atoms with van der Waals surface area (Å²) < 4.78 is 0.930. The van der Waals surface area contributed by atoms with Crippen LogP contribution >= 0.6 is 15.9 Å². The molecule has 0 fully saturated rings. The van der Waals surface area contributed by atoms with Crippen LogP contribution in [0.15, 0.2) is 22.7 Å². The molecule has 1 aromatic rings. The molecule has 0 aliphatic heterocycles. The minimum Gasteiger partial charge on any atom is -0.338 e. The number of nitriles is 1. The number of carbonyl (C=O) groups is 1. The van der Waals surface area contributed by atoms with E-state index in [9.17, 15) is 4.79 Å². The molecule has 1 amide bonds. The van der Waals surface area contributed by atoms with Crippen LogP contribution in [0.2, 0.25) is 0 Å². The molecule has 0 aliphatic carbocycles. The van der Waals surface area contributed by atoms with Crippen LogP contribution < -0.4 is 0 Å². The van der Waals surface area contributed by atoms with E-state index in [-0.39, 0.29) is 5.91 Å². The van der Waals surface area contributed by atoms with Crippen LogP contribution in [0.5, 0.6) is 0 Å². The second-order valence-electron chi connectivity index (χ2n) is 3.71. The van der Waals surface area contributed by atoms with Crippen LogP contribution in [0.3, 0.4) is 0 Å². The van der Waals surface area contributed by atoms with Gasteiger partial charge in [0.25, 0.3) is 5.91 Å². The van der Waals surface area contributed by atoms with Crippen molar-refractivity contribution in [3.63, 3.8) is 0 Å². The summed E-state index contributed by atoms with van der Waals surface area (Å²) in [7, 11) is 0. The van der Waals surface area contributed by atoms with Crippen LogP contribution in [-0.4, -0.2) is 23.9 Å². The average Bonchev–Trinajstić information content (AvgIpc) is 2.33. The minimum atomic E-state index is -0.0125. The molecule has 3 nitrogen and oxygen atoms in total. The van der Waals surface area contributed by atoms with Gasteiger partial charge in [-0.05, 0) is 31.5 Å². The Bertz CT molecular complexity index is 451. The summed E-state index contributed by atoms with van der Waals surface area (Å²) in [4.78, 5) is 13.9. The maximum atomic E-state index is 12.3. The molecule has 0 unspecified atom stereocenters. The smallest absolute Gasteiger partial charge is 0.254 e. The molecule has 0 heterocycles. The van der Waals surface area contributed by atoms with Gasteiger partial charge in [0.1, 0.15) is 0 Å². The fourth-order valence-electron chi connectivity index (χ4n) is 1.60. The predicted molar refractivity (Wildman–Crippen MR) is 70.7 cm³/mol. The zero-order valence-electron chi connectivity index (χ0n) is 10.0. The molecule has 4 heteroatoms. The highest BCUT2D eigenvalue weighted by atomic mass is 79.9. The Morgan fingerprint density at radius 2 is 2.24 bits per heavy atom. The van der Waals surface area contributed by atoms with E-state index in [1.807, 2.05) is 32.0 Å². The second kappa shape index (κ2) is 6.41. The van der Waals surface area contributed by atoms with Crippen molar-refractivity contribution in [2.24, 2.45) is 0 Å². The summed E-state index contributed by atoms with van der Waals surface area (Å²) in [6.07, 6.45) is 0.368. The second-order valence-corrected chi connectivity index (χ2v) is 4.56. The zero-order chi connectivity index (χ0) is 12.8. The molecule has 0 saturated heterocycles. The van der Waals surface area contributed by atoms with E-state index < -0.39 is 0 Å². The van der Waals surface area contributed by atoms with Crippen LogP contribution in [0.4, 0.5) is 0 Å². The first-order valence-electron chi connectivity index (χ1n) is 5.53. The molecule has 0 atom stereocenters. The molecule has 1 rings (SSSR count). The molecule has 0 N–H and O–H groups in total. The highest BCUT2D eigenvalue weighted by molar-refractivity contribution is 9.10. The largest absolute Gasteiger partial charge is 0.338 e. The summed E-state index contributed by atoms with van der Waals surface area (Å²) >= 11 is 3.41. The number of rotatable bonds is 4. The Labute approximate surface area is 110 Å². The summed E-state index contributed by atoms with van der Waals surface area (Å²) in [5, 5.41) is 8.57. The quantitative estimate of drug-likeness (QED) is 0.856. The van der Waals surface area contributed by atoms with E-state index in [1.54, 1.807) is 4.90 Å². The standard InChI is InChI=1S/C13H15BrN2O/c1-3-16(9-5-8-15)13(17)11-6-4-7-12(14)10(11)2/h4,6-7H,3,5,9H2,1-2H3. The number of hydrogen-bond acceptors (Lipinski definition) is 2. The maximum absolute atomic E-state index is 12.3. The van der Waals surface area contributed by atoms with Gasteiger partial charge in [-0.15, -0.1) is 0 Å². The van der Waals surface area contributed by atoms with Crippen LogP contribution in [0.25, 0.3) is 0 Å². The third-order valence-corrected chi connectivity index (χ3v) is 3.52. The van der Waals surface area contributed by atoms with Gasteiger partial charge in [0, 0.05) is 23.1 Å². The number of benzene rings is 1. The fourth-order valence-corrected chi connectivity index (χ4v) is 1.96. The van der Waals surface area contributed by atoms with Gasteiger partial charge < -0.3 is 4.90 Å². The number of hydrogen-bond donors (Lipinski definition) is 0. The van der Waals surface area contributed by atoms with Gasteiger partial charge in [0.2, 0.25) is 0 Å². The van der Waals surface area contributed by atoms with Crippen LogP contribution in [-0.2, 0) is 0 Å². The summed E-state index contributed by atoms with van der Waals surface area (Å²) in [6.45, 7) is 4.93. The molecular weight excluding hydrogens is 280 g/mol. The third kappa shape index (κ3) is 3.31. The van der Waals surface area contributed by atoms with Gasteiger partial charge in [0.05, 0.1) is 12.5 Å². The third-order valence-electron chi connectivity index (χ3n) is 2.66. The lowest BCUT2D eigenvalue weighted by molar-refractivity contribution is 0.0767. The Hall–Kier alpha value is -1.34. The van der Waals surface area contributed by atoms with Gasteiger partial charge in [-0.2, -0.15) is 5.26 Å². The lowest BCUT2D eigenvalue weighted by Crippen LogP contribution is -2.32. The minimum absolute atomic E-state index is 0.0125. The van der Waals surface area contributed by atoms with E-state index in [0.717, 1.165) is 10.0 Å². The molecule has 0 aromatic heterocycles. The molecule has 0 aliphatic rings. The first-order valence-corrected chi connectivity index (χ1v) is 6.32. The first kappa shape index (κ1) is 13.7. The number of halogens is 1. The molecule has 90 valence electrons. The number of amides is 1. The van der Waals surface area contributed by atoms with E-state index >= 15 is 0 Å². The topological polar surface area (TPSA) is 44.1 Å². The fraction of sp³-hybridized carbons (Fsp3) is 0.385. The molecule has 0 bridgehead atoms. The van der Waals surface area contributed by atoms with Gasteiger partial charge in [-0.25, -0.2) is 0 Å². The number of nitrogens with zero attached hydrogens (tertiary/aromatic N) is 2. The molecule has 1 aromatic carbocycles. The zero-order valence-corrected chi connectivity index (χ0v) is 11.6. The molecule has 0 spiro atoms. The highest BCUT2D eigenvalue weighted by Gasteiger charge is 2.16. The normalized spacial score (nSPS) is 9.76. The molecule has 0 radical (unpaired) electrons. The lowest BCUT2D eigenvalue weighted by Gasteiger charge is -2.20. The van der Waals surface area contributed by atoms with Gasteiger partial charge in [0.15, 0.2) is 0 Å².